The minimum absolute atomic E-state index is 0.152. The van der Waals surface area contributed by atoms with Gasteiger partial charge in [-0.1, -0.05) is 30.3 Å². The average molecular weight is 395 g/mol. The van der Waals surface area contributed by atoms with Crippen molar-refractivity contribution in [2.75, 3.05) is 20.3 Å². The van der Waals surface area contributed by atoms with E-state index < -0.39 is 0 Å². The predicted octanol–water partition coefficient (Wildman–Crippen LogP) is 3.22. The Morgan fingerprint density at radius 3 is 2.93 bits per heavy atom. The predicted molar refractivity (Wildman–Crippen MR) is 113 cm³/mol. The first-order valence-electron chi connectivity index (χ1n) is 9.52. The minimum atomic E-state index is 0.152. The van der Waals surface area contributed by atoms with Gasteiger partial charge in [-0.15, -0.1) is 0 Å². The molecular weight excluding hydrogens is 370 g/mol. The molecule has 2 heterocycles. The van der Waals surface area contributed by atoms with Gasteiger partial charge >= 0.3 is 0 Å². The molecule has 0 amide bonds. The normalized spacial score (nSPS) is 18.2. The molecular formula is C22H24N3O2S. The Balaban J connectivity index is 1.36. The summed E-state index contributed by atoms with van der Waals surface area (Å²) in [6.45, 7) is 2.33. The summed E-state index contributed by atoms with van der Waals surface area (Å²) in [5.74, 6) is 1.77. The first-order chi connectivity index (χ1) is 13.7. The second-order valence-electron chi connectivity index (χ2n) is 6.96. The van der Waals surface area contributed by atoms with Gasteiger partial charge in [-0.25, -0.2) is 5.32 Å². The van der Waals surface area contributed by atoms with Gasteiger partial charge in [-0.2, -0.15) is 0 Å². The Morgan fingerprint density at radius 2 is 2.11 bits per heavy atom. The van der Waals surface area contributed by atoms with Gasteiger partial charge in [0.2, 0.25) is 0 Å². The van der Waals surface area contributed by atoms with Crippen LogP contribution in [0.4, 0.5) is 0 Å². The number of hydrogen-bond acceptors (Lipinski definition) is 4. The summed E-state index contributed by atoms with van der Waals surface area (Å²) < 4.78 is 11.3. The summed E-state index contributed by atoms with van der Waals surface area (Å²) in [4.78, 5) is 2.15. The zero-order valence-corrected chi connectivity index (χ0v) is 16.7. The number of benzene rings is 2. The van der Waals surface area contributed by atoms with E-state index in [0.29, 0.717) is 11.7 Å². The molecule has 5 nitrogen and oxygen atoms in total. The average Bonchev–Trinajstić information content (AvgIpc) is 3.11. The molecule has 2 aliphatic heterocycles. The molecule has 2 aromatic rings. The van der Waals surface area contributed by atoms with Crippen molar-refractivity contribution in [2.45, 2.75) is 25.4 Å². The molecule has 0 saturated heterocycles. The minimum Gasteiger partial charge on any atom is -0.497 e. The molecule has 0 aliphatic carbocycles. The quantitative estimate of drug-likeness (QED) is 0.577. The number of methoxy groups -OCH3 is 1. The number of hydrogen-bond donors (Lipinski definition) is 1. The van der Waals surface area contributed by atoms with E-state index in [1.807, 2.05) is 30.5 Å². The van der Waals surface area contributed by atoms with Gasteiger partial charge in [0.25, 0.3) is 0 Å². The van der Waals surface area contributed by atoms with Crippen molar-refractivity contribution in [3.05, 3.63) is 71.6 Å². The molecule has 1 N–H and O–H groups in total. The van der Waals surface area contributed by atoms with Crippen LogP contribution in [0.5, 0.6) is 11.5 Å². The Hall–Kier alpha value is -2.57. The smallest absolute Gasteiger partial charge is 0.200 e. The molecule has 0 aromatic heterocycles. The maximum absolute atomic E-state index is 5.99. The zero-order chi connectivity index (χ0) is 19.3. The van der Waals surface area contributed by atoms with Crippen molar-refractivity contribution in [2.24, 2.45) is 0 Å². The third-order valence-corrected chi connectivity index (χ3v) is 5.39. The molecule has 145 valence electrons. The molecule has 1 atom stereocenters. The fourth-order valence-corrected chi connectivity index (χ4v) is 3.96. The fraction of sp³-hybridized carbons (Fsp3) is 0.318. The second kappa shape index (κ2) is 8.63. The van der Waals surface area contributed by atoms with Gasteiger partial charge < -0.3 is 19.7 Å². The van der Waals surface area contributed by atoms with Crippen LogP contribution >= 0.6 is 12.2 Å². The first-order valence-corrected chi connectivity index (χ1v) is 9.93. The van der Waals surface area contributed by atoms with Crippen molar-refractivity contribution in [1.82, 2.24) is 15.5 Å². The maximum Gasteiger partial charge on any atom is 0.200 e. The second-order valence-corrected chi connectivity index (χ2v) is 7.32. The van der Waals surface area contributed by atoms with Gasteiger partial charge in [0.05, 0.1) is 13.2 Å². The van der Waals surface area contributed by atoms with Crippen molar-refractivity contribution >= 4 is 17.3 Å². The molecule has 4 rings (SSSR count). The summed E-state index contributed by atoms with van der Waals surface area (Å²) in [6.07, 6.45) is 3.63. The van der Waals surface area contributed by atoms with Crippen LogP contribution in [-0.4, -0.2) is 36.3 Å². The number of ether oxygens (including phenoxy) is 2. The van der Waals surface area contributed by atoms with Crippen LogP contribution in [0.15, 0.2) is 60.4 Å². The highest BCUT2D eigenvalue weighted by Crippen LogP contribution is 2.32. The standard InChI is InChI=1S/C22H24N3O2S/c1-26-20-7-8-21-17(12-20)11-19(15-27-21)25-18(14-24-22(25)28)9-10-23-13-16-5-3-2-4-6-16/h2-8,12,14,19,23H,9-11,13,15H2,1H3/t19-/m1/s1. The van der Waals surface area contributed by atoms with Crippen molar-refractivity contribution in [1.29, 1.82) is 0 Å². The van der Waals surface area contributed by atoms with E-state index in [-0.39, 0.29) is 6.04 Å². The number of nitrogens with one attached hydrogen (secondary N) is 1. The highest BCUT2D eigenvalue weighted by Gasteiger charge is 2.32. The third kappa shape index (κ3) is 4.13. The molecule has 2 aromatic carbocycles. The van der Waals surface area contributed by atoms with Gasteiger partial charge in [-0.3, -0.25) is 0 Å². The molecule has 1 radical (unpaired) electrons. The first kappa shape index (κ1) is 18.8. The van der Waals surface area contributed by atoms with Crippen molar-refractivity contribution in [3.63, 3.8) is 0 Å². The van der Waals surface area contributed by atoms with Crippen LogP contribution in [0.2, 0.25) is 0 Å². The lowest BCUT2D eigenvalue weighted by Gasteiger charge is -2.34. The van der Waals surface area contributed by atoms with Gasteiger partial charge in [0, 0.05) is 37.8 Å². The molecule has 28 heavy (non-hydrogen) atoms. The summed E-state index contributed by atoms with van der Waals surface area (Å²) in [5.41, 5.74) is 3.57. The van der Waals surface area contributed by atoms with Gasteiger partial charge in [0.1, 0.15) is 18.1 Å². The number of rotatable bonds is 7. The number of thiocarbonyl (C=S) groups is 1. The Labute approximate surface area is 171 Å². The topological polar surface area (TPSA) is 47.8 Å². The lowest BCUT2D eigenvalue weighted by Crippen LogP contribution is -2.44. The van der Waals surface area contributed by atoms with E-state index in [0.717, 1.165) is 48.7 Å². The van der Waals surface area contributed by atoms with Crippen LogP contribution < -0.4 is 20.1 Å². The van der Waals surface area contributed by atoms with Crippen LogP contribution in [0.25, 0.3) is 0 Å². The molecule has 0 bridgehead atoms. The molecule has 0 spiro atoms. The van der Waals surface area contributed by atoms with Crippen molar-refractivity contribution in [3.8, 4) is 11.5 Å². The zero-order valence-electron chi connectivity index (χ0n) is 15.9. The van der Waals surface area contributed by atoms with E-state index in [9.17, 15) is 0 Å². The number of nitrogens with zero attached hydrogens (tertiary/aromatic N) is 2. The molecule has 0 unspecified atom stereocenters. The Kier molecular flexibility index (Phi) is 5.78. The van der Waals surface area contributed by atoms with E-state index in [4.69, 9.17) is 21.7 Å². The lowest BCUT2D eigenvalue weighted by molar-refractivity contribution is 0.195. The fourth-order valence-electron chi connectivity index (χ4n) is 3.65. The number of fused-ring (bicyclic) bond motifs is 1. The maximum atomic E-state index is 5.99. The van der Waals surface area contributed by atoms with Crippen LogP contribution in [0.3, 0.4) is 0 Å². The SMILES string of the molecule is COc1ccc2c(c1)C[C@@H](N1C(=S)[N]C=C1CCNCc1ccccc1)CO2. The van der Waals surface area contributed by atoms with Crippen LogP contribution in [-0.2, 0) is 13.0 Å². The lowest BCUT2D eigenvalue weighted by atomic mass is 10.0. The third-order valence-electron chi connectivity index (χ3n) is 5.09. The summed E-state index contributed by atoms with van der Waals surface area (Å²) in [5, 5.41) is 8.51. The largest absolute Gasteiger partial charge is 0.497 e. The molecule has 0 fully saturated rings. The van der Waals surface area contributed by atoms with Gasteiger partial charge in [0.15, 0.2) is 5.11 Å². The highest BCUT2D eigenvalue weighted by atomic mass is 32.1. The van der Waals surface area contributed by atoms with Crippen LogP contribution in [0, 0.1) is 0 Å². The van der Waals surface area contributed by atoms with E-state index >= 15 is 0 Å². The summed E-state index contributed by atoms with van der Waals surface area (Å²) in [7, 11) is 1.68. The van der Waals surface area contributed by atoms with E-state index in [1.54, 1.807) is 7.11 Å². The molecule has 6 heteroatoms. The monoisotopic (exact) mass is 394 g/mol. The highest BCUT2D eigenvalue weighted by molar-refractivity contribution is 7.80. The van der Waals surface area contributed by atoms with Gasteiger partial charge in [-0.05, 0) is 41.5 Å². The summed E-state index contributed by atoms with van der Waals surface area (Å²) in [6, 6.07) is 16.5. The van der Waals surface area contributed by atoms with Crippen molar-refractivity contribution < 1.29 is 9.47 Å². The van der Waals surface area contributed by atoms with E-state index in [1.165, 1.54) is 5.56 Å². The molecule has 2 aliphatic rings. The van der Waals surface area contributed by atoms with Crippen LogP contribution in [0.1, 0.15) is 17.5 Å². The molecule has 0 saturated carbocycles. The summed E-state index contributed by atoms with van der Waals surface area (Å²) >= 11 is 5.51. The van der Waals surface area contributed by atoms with E-state index in [2.05, 4.69) is 39.8 Å². The Bertz CT molecular complexity index is 869. The Morgan fingerprint density at radius 1 is 1.25 bits per heavy atom.